The Hall–Kier alpha value is -2.71. The van der Waals surface area contributed by atoms with Crippen LogP contribution in [0.5, 0.6) is 0 Å². The fraction of sp³-hybridized carbons (Fsp3) is 0.619. The third-order valence-electron chi connectivity index (χ3n) is 6.53. The van der Waals surface area contributed by atoms with Gasteiger partial charge in [-0.25, -0.2) is 9.59 Å². The Labute approximate surface area is 198 Å². The molecule has 2 aliphatic heterocycles. The highest BCUT2D eigenvalue weighted by atomic mass is 19.4. The molecule has 202 valence electrons. The molecule has 2 fully saturated rings. The van der Waals surface area contributed by atoms with Gasteiger partial charge in [-0.1, -0.05) is 6.07 Å². The molecule has 1 amide bonds. The van der Waals surface area contributed by atoms with Crippen LogP contribution in [0.25, 0.3) is 0 Å². The largest absolute Gasteiger partial charge is 0.478 e. The highest BCUT2D eigenvalue weighted by molar-refractivity contribution is 5.88. The van der Waals surface area contributed by atoms with Gasteiger partial charge in [0.15, 0.2) is 0 Å². The first-order valence-corrected chi connectivity index (χ1v) is 10.7. The number of aromatic carboxylic acids is 1. The van der Waals surface area contributed by atoms with Crippen LogP contribution in [0.1, 0.15) is 47.2 Å². The number of piperidine rings is 1. The van der Waals surface area contributed by atoms with E-state index in [4.69, 9.17) is 5.11 Å². The molecule has 6 nitrogen and oxygen atoms in total. The van der Waals surface area contributed by atoms with E-state index in [2.05, 4.69) is 4.74 Å². The number of likely N-dealkylation sites (tertiary alicyclic amines) is 2. The Kier molecular flexibility index (Phi) is 7.46. The van der Waals surface area contributed by atoms with Gasteiger partial charge in [0.1, 0.15) is 0 Å². The first kappa shape index (κ1) is 27.9. The predicted octanol–water partition coefficient (Wildman–Crippen LogP) is 5.46. The van der Waals surface area contributed by atoms with E-state index in [1.165, 1.54) is 0 Å². The summed E-state index contributed by atoms with van der Waals surface area (Å²) in [7, 11) is 0. The molecular formula is C21H21F9N2O4. The molecule has 0 aliphatic carbocycles. The zero-order valence-electron chi connectivity index (χ0n) is 18.4. The molecule has 1 N–H and O–H groups in total. The molecule has 1 aromatic rings. The van der Waals surface area contributed by atoms with Gasteiger partial charge in [-0.3, -0.25) is 4.90 Å². The predicted molar refractivity (Wildman–Crippen MR) is 104 cm³/mol. The molecule has 2 aliphatic rings. The van der Waals surface area contributed by atoms with Crippen LogP contribution >= 0.6 is 0 Å². The SMILES string of the molecule is O=C(O)c1ccc(CN2CCCC23CCN(C(=O)OC(C(F)(F)F)C(F)(F)F)CC3)c(C(F)(F)F)c1. The smallest absolute Gasteiger partial charge is 0.434 e. The van der Waals surface area contributed by atoms with Crippen molar-refractivity contribution >= 4 is 12.1 Å². The van der Waals surface area contributed by atoms with Crippen molar-refractivity contribution in [1.29, 1.82) is 0 Å². The van der Waals surface area contributed by atoms with E-state index in [0.29, 0.717) is 25.5 Å². The van der Waals surface area contributed by atoms with Gasteiger partial charge in [-0.15, -0.1) is 0 Å². The fourth-order valence-corrected chi connectivity index (χ4v) is 4.72. The molecule has 0 aromatic heterocycles. The molecule has 0 bridgehead atoms. The minimum Gasteiger partial charge on any atom is -0.478 e. The van der Waals surface area contributed by atoms with E-state index in [1.807, 2.05) is 0 Å². The summed E-state index contributed by atoms with van der Waals surface area (Å²) in [4.78, 5) is 25.6. The molecule has 2 saturated heterocycles. The number of hydrogen-bond acceptors (Lipinski definition) is 4. The topological polar surface area (TPSA) is 70.1 Å². The molecule has 0 radical (unpaired) electrons. The lowest BCUT2D eigenvalue weighted by atomic mass is 9.84. The fourth-order valence-electron chi connectivity index (χ4n) is 4.72. The number of carboxylic acids is 1. The van der Waals surface area contributed by atoms with Crippen LogP contribution in [-0.2, 0) is 17.5 Å². The van der Waals surface area contributed by atoms with Gasteiger partial charge in [0, 0.05) is 25.2 Å². The maximum absolute atomic E-state index is 13.6. The molecule has 0 atom stereocenters. The van der Waals surface area contributed by atoms with Crippen molar-refractivity contribution in [2.24, 2.45) is 0 Å². The average molecular weight is 536 g/mol. The number of hydrogen-bond donors (Lipinski definition) is 1. The van der Waals surface area contributed by atoms with Crippen molar-refractivity contribution in [2.75, 3.05) is 19.6 Å². The maximum Gasteiger partial charge on any atom is 0.434 e. The quantitative estimate of drug-likeness (QED) is 0.518. The number of rotatable bonds is 4. The van der Waals surface area contributed by atoms with Gasteiger partial charge < -0.3 is 14.7 Å². The number of benzene rings is 1. The standard InChI is InChI=1S/C21H21F9N2O4/c22-19(23,24)14-10-12(15(33)34)2-3-13(14)11-32-7-1-4-18(32)5-8-31(9-6-18)17(35)36-16(20(25,26)27)21(28,29)30/h2-3,10,16H,1,4-9,11H2,(H,33,34). The van der Waals surface area contributed by atoms with Crippen molar-refractivity contribution in [3.8, 4) is 0 Å². The second-order valence-corrected chi connectivity index (χ2v) is 8.76. The minimum atomic E-state index is -5.85. The summed E-state index contributed by atoms with van der Waals surface area (Å²) in [5, 5.41) is 9.02. The summed E-state index contributed by atoms with van der Waals surface area (Å²) in [5.74, 6) is -1.53. The van der Waals surface area contributed by atoms with Crippen molar-refractivity contribution in [2.45, 2.75) is 62.4 Å². The number of carbonyl (C=O) groups excluding carboxylic acids is 1. The van der Waals surface area contributed by atoms with Crippen molar-refractivity contribution in [3.63, 3.8) is 0 Å². The van der Waals surface area contributed by atoms with Gasteiger partial charge in [0.05, 0.1) is 11.1 Å². The molecule has 2 heterocycles. The van der Waals surface area contributed by atoms with Crippen molar-refractivity contribution < 1.29 is 58.9 Å². The highest BCUT2D eigenvalue weighted by Crippen LogP contribution is 2.42. The van der Waals surface area contributed by atoms with Gasteiger partial charge in [0.2, 0.25) is 0 Å². The van der Waals surface area contributed by atoms with E-state index < -0.39 is 53.4 Å². The number of carbonyl (C=O) groups is 2. The summed E-state index contributed by atoms with van der Waals surface area (Å²) >= 11 is 0. The first-order chi connectivity index (χ1) is 16.4. The molecule has 1 aromatic carbocycles. The second kappa shape index (κ2) is 9.63. The number of ether oxygens (including phenoxy) is 1. The van der Waals surface area contributed by atoms with Gasteiger partial charge in [-0.05, 0) is 49.9 Å². The Balaban J connectivity index is 1.72. The average Bonchev–Trinajstić information content (AvgIpc) is 3.11. The van der Waals surface area contributed by atoms with E-state index in [-0.39, 0.29) is 38.0 Å². The molecule has 15 heteroatoms. The third kappa shape index (κ3) is 5.98. The number of alkyl halides is 9. The zero-order chi connectivity index (χ0) is 27.1. The van der Waals surface area contributed by atoms with Crippen molar-refractivity contribution in [3.05, 3.63) is 34.9 Å². The minimum absolute atomic E-state index is 0.0966. The number of amides is 1. The van der Waals surface area contributed by atoms with Crippen LogP contribution in [0.2, 0.25) is 0 Å². The summed E-state index contributed by atoms with van der Waals surface area (Å²) in [6, 6.07) is 2.65. The Morgan fingerprint density at radius 2 is 1.53 bits per heavy atom. The third-order valence-corrected chi connectivity index (χ3v) is 6.53. The Bertz CT molecular complexity index is 969. The summed E-state index contributed by atoms with van der Waals surface area (Å²) < 4.78 is 121. The zero-order valence-corrected chi connectivity index (χ0v) is 18.4. The van der Waals surface area contributed by atoms with Crippen LogP contribution in [0.4, 0.5) is 44.3 Å². The first-order valence-electron chi connectivity index (χ1n) is 10.7. The summed E-state index contributed by atoms with van der Waals surface area (Å²) in [6.07, 6.45) is -21.3. The van der Waals surface area contributed by atoms with Gasteiger partial charge in [0.25, 0.3) is 6.10 Å². The molecule has 0 saturated carbocycles. The van der Waals surface area contributed by atoms with Crippen molar-refractivity contribution in [1.82, 2.24) is 9.80 Å². The van der Waals surface area contributed by atoms with E-state index in [9.17, 15) is 49.1 Å². The van der Waals surface area contributed by atoms with Crippen LogP contribution < -0.4 is 0 Å². The Morgan fingerprint density at radius 3 is 2.03 bits per heavy atom. The molecule has 1 spiro atoms. The van der Waals surface area contributed by atoms with Crippen LogP contribution in [0, 0.1) is 0 Å². The molecular weight excluding hydrogens is 515 g/mol. The number of halogens is 9. The lowest BCUT2D eigenvalue weighted by Crippen LogP contribution is -2.54. The molecule has 0 unspecified atom stereocenters. The number of nitrogens with zero attached hydrogens (tertiary/aromatic N) is 2. The van der Waals surface area contributed by atoms with Crippen LogP contribution in [0.15, 0.2) is 18.2 Å². The van der Waals surface area contributed by atoms with Gasteiger partial charge >= 0.3 is 30.6 Å². The maximum atomic E-state index is 13.6. The van der Waals surface area contributed by atoms with E-state index in [1.54, 1.807) is 4.90 Å². The lowest BCUT2D eigenvalue weighted by molar-refractivity contribution is -0.308. The highest BCUT2D eigenvalue weighted by Gasteiger charge is 2.60. The second-order valence-electron chi connectivity index (χ2n) is 8.76. The van der Waals surface area contributed by atoms with Crippen LogP contribution in [0.3, 0.4) is 0 Å². The van der Waals surface area contributed by atoms with Gasteiger partial charge in [-0.2, -0.15) is 39.5 Å². The normalized spacial score (nSPS) is 19.2. The molecule has 3 rings (SSSR count). The monoisotopic (exact) mass is 536 g/mol. The number of carboxylic acid groups (broad SMARTS) is 1. The van der Waals surface area contributed by atoms with E-state index >= 15 is 0 Å². The van der Waals surface area contributed by atoms with Crippen LogP contribution in [-0.4, -0.2) is 70.6 Å². The lowest BCUT2D eigenvalue weighted by Gasteiger charge is -2.45. The summed E-state index contributed by atoms with van der Waals surface area (Å²) in [5.41, 5.74) is -2.55. The Morgan fingerprint density at radius 1 is 0.944 bits per heavy atom. The molecule has 36 heavy (non-hydrogen) atoms. The van der Waals surface area contributed by atoms with E-state index in [0.717, 1.165) is 17.0 Å². The summed E-state index contributed by atoms with van der Waals surface area (Å²) in [6.45, 7) is -0.334.